The van der Waals surface area contributed by atoms with Gasteiger partial charge in [-0.05, 0) is 54.5 Å². The van der Waals surface area contributed by atoms with Crippen molar-refractivity contribution in [1.82, 2.24) is 20.9 Å². The van der Waals surface area contributed by atoms with Crippen LogP contribution in [0.2, 0.25) is 0 Å². The molecule has 1 aliphatic rings. The summed E-state index contributed by atoms with van der Waals surface area (Å²) in [5.74, 6) is -2.01. The lowest BCUT2D eigenvalue weighted by Gasteiger charge is -2.27. The van der Waals surface area contributed by atoms with Gasteiger partial charge in [0.15, 0.2) is 0 Å². The highest BCUT2D eigenvalue weighted by atomic mass is 19.1. The number of nitrogens with zero attached hydrogens (tertiary/aromatic N) is 1. The molecule has 3 atom stereocenters. The van der Waals surface area contributed by atoms with Crippen LogP contribution in [-0.2, 0) is 33.8 Å². The number of halogens is 1. The summed E-state index contributed by atoms with van der Waals surface area (Å²) < 4.78 is 20.0. The van der Waals surface area contributed by atoms with E-state index in [-0.39, 0.29) is 26.0 Å². The van der Waals surface area contributed by atoms with Gasteiger partial charge in [0.1, 0.15) is 17.6 Å². The molecule has 0 saturated carbocycles. The van der Waals surface area contributed by atoms with Gasteiger partial charge in [-0.25, -0.2) is 4.39 Å². The molecule has 1 aromatic heterocycles. The first-order chi connectivity index (χ1) is 18.2. The van der Waals surface area contributed by atoms with Crippen LogP contribution in [0.15, 0.2) is 36.7 Å². The van der Waals surface area contributed by atoms with Crippen LogP contribution < -0.4 is 26.4 Å². The van der Waals surface area contributed by atoms with Crippen LogP contribution in [0, 0.1) is 5.82 Å². The van der Waals surface area contributed by atoms with Crippen molar-refractivity contribution in [2.24, 2.45) is 5.73 Å². The molecule has 2 aromatic rings. The molecule has 1 aliphatic heterocycles. The maximum atomic E-state index is 14.3. The summed E-state index contributed by atoms with van der Waals surface area (Å²) in [4.78, 5) is 41.3. The van der Waals surface area contributed by atoms with E-state index in [1.807, 2.05) is 13.0 Å². The van der Waals surface area contributed by atoms with Gasteiger partial charge in [0.25, 0.3) is 0 Å². The van der Waals surface area contributed by atoms with Crippen molar-refractivity contribution < 1.29 is 28.6 Å². The molecule has 0 fully saturated rings. The van der Waals surface area contributed by atoms with Crippen molar-refractivity contribution in [2.75, 3.05) is 13.2 Å². The lowest BCUT2D eigenvalue weighted by molar-refractivity contribution is -0.132. The molecule has 10 nitrogen and oxygen atoms in total. The highest BCUT2D eigenvalue weighted by Gasteiger charge is 2.28. The highest BCUT2D eigenvalue weighted by molar-refractivity contribution is 5.91. The fraction of sp³-hybridized carbons (Fsp3) is 0.481. The van der Waals surface area contributed by atoms with E-state index < -0.39 is 48.1 Å². The van der Waals surface area contributed by atoms with Gasteiger partial charge in [-0.1, -0.05) is 13.0 Å². The fourth-order valence-corrected chi connectivity index (χ4v) is 4.24. The molecule has 6 N–H and O–H groups in total. The average Bonchev–Trinajstić information content (AvgIpc) is 2.87. The predicted molar refractivity (Wildman–Crippen MR) is 138 cm³/mol. The molecular formula is C27H36FN5O5. The number of hydrogen-bond donors (Lipinski definition) is 5. The third-order valence-electron chi connectivity index (χ3n) is 6.25. The van der Waals surface area contributed by atoms with E-state index in [0.717, 1.165) is 17.5 Å². The number of aryl methyl sites for hydroxylation is 1. The van der Waals surface area contributed by atoms with Gasteiger partial charge in [-0.2, -0.15) is 0 Å². The third kappa shape index (κ3) is 9.38. The Morgan fingerprint density at radius 2 is 2.00 bits per heavy atom. The Morgan fingerprint density at radius 1 is 1.21 bits per heavy atom. The Bertz CT molecular complexity index is 1120. The van der Waals surface area contributed by atoms with Crippen molar-refractivity contribution in [3.8, 4) is 5.75 Å². The summed E-state index contributed by atoms with van der Waals surface area (Å²) in [6.45, 7) is 2.86. The minimum absolute atomic E-state index is 0.0762. The number of aliphatic hydroxyl groups excluding tert-OH is 1. The lowest BCUT2D eigenvalue weighted by Crippen LogP contribution is -2.55. The summed E-state index contributed by atoms with van der Waals surface area (Å²) in [6, 6.07) is 4.19. The number of aromatic nitrogens is 1. The molecule has 3 amide bonds. The molecule has 1 aromatic carbocycles. The second kappa shape index (κ2) is 14.4. The van der Waals surface area contributed by atoms with E-state index in [9.17, 15) is 23.9 Å². The van der Waals surface area contributed by atoms with E-state index >= 15 is 0 Å². The van der Waals surface area contributed by atoms with Crippen LogP contribution >= 0.6 is 0 Å². The van der Waals surface area contributed by atoms with E-state index in [1.165, 1.54) is 12.1 Å². The number of rotatable bonds is 8. The molecule has 0 unspecified atom stereocenters. The molecule has 2 bridgehead atoms. The molecular weight excluding hydrogens is 493 g/mol. The Hall–Kier alpha value is -3.57. The Balaban J connectivity index is 1.80. The number of ether oxygens (including phenoxy) is 1. The number of carbonyl (C=O) groups excluding carboxylic acids is 3. The average molecular weight is 530 g/mol. The molecule has 38 heavy (non-hydrogen) atoms. The molecule has 0 aliphatic carbocycles. The number of fused-ring (bicyclic) bond motifs is 2. The largest absolute Gasteiger partial charge is 0.493 e. The maximum Gasteiger partial charge on any atom is 0.243 e. The van der Waals surface area contributed by atoms with Crippen molar-refractivity contribution in [3.05, 3.63) is 59.2 Å². The van der Waals surface area contributed by atoms with E-state index in [1.54, 1.807) is 18.5 Å². The minimum atomic E-state index is -1.20. The second-order valence-corrected chi connectivity index (χ2v) is 9.46. The molecule has 11 heteroatoms. The lowest BCUT2D eigenvalue weighted by atomic mass is 9.99. The smallest absolute Gasteiger partial charge is 0.243 e. The molecule has 206 valence electrons. The van der Waals surface area contributed by atoms with Gasteiger partial charge >= 0.3 is 0 Å². The Kier molecular flexibility index (Phi) is 11.0. The van der Waals surface area contributed by atoms with Gasteiger partial charge in [0.2, 0.25) is 17.7 Å². The van der Waals surface area contributed by atoms with Crippen LogP contribution in [0.1, 0.15) is 49.3 Å². The number of hydrogen-bond acceptors (Lipinski definition) is 7. The van der Waals surface area contributed by atoms with Crippen LogP contribution in [-0.4, -0.2) is 59.2 Å². The van der Waals surface area contributed by atoms with Crippen molar-refractivity contribution in [2.45, 2.75) is 70.2 Å². The number of aliphatic hydroxyl groups is 1. The SMILES string of the molecule is CCc1cncc(CNC[C@@H](O)[C@@H]2Cc3cc(F)cc(c3)OCCCCC(=O)N[C@@H](CC(N)=O)C(=O)N2)c1. The second-order valence-electron chi connectivity index (χ2n) is 9.46. The van der Waals surface area contributed by atoms with Gasteiger partial charge in [0.05, 0.1) is 25.2 Å². The van der Waals surface area contributed by atoms with Gasteiger partial charge in [-0.15, -0.1) is 0 Å². The van der Waals surface area contributed by atoms with Crippen molar-refractivity contribution >= 4 is 17.7 Å². The maximum absolute atomic E-state index is 14.3. The summed E-state index contributed by atoms with van der Waals surface area (Å²) in [6.07, 6.45) is 4.09. The zero-order valence-electron chi connectivity index (χ0n) is 21.5. The third-order valence-corrected chi connectivity index (χ3v) is 6.25. The molecule has 3 rings (SSSR count). The van der Waals surface area contributed by atoms with Crippen molar-refractivity contribution in [3.63, 3.8) is 0 Å². The highest BCUT2D eigenvalue weighted by Crippen LogP contribution is 2.19. The number of carbonyl (C=O) groups is 3. The molecule has 0 spiro atoms. The topological polar surface area (TPSA) is 156 Å². The summed E-state index contributed by atoms with van der Waals surface area (Å²) >= 11 is 0. The summed E-state index contributed by atoms with van der Waals surface area (Å²) in [5.41, 5.74) is 7.86. The van der Waals surface area contributed by atoms with Crippen LogP contribution in [0.25, 0.3) is 0 Å². The van der Waals surface area contributed by atoms with Crippen molar-refractivity contribution in [1.29, 1.82) is 0 Å². The van der Waals surface area contributed by atoms with Crippen LogP contribution in [0.3, 0.4) is 0 Å². The van der Waals surface area contributed by atoms with Gasteiger partial charge in [0, 0.05) is 38.0 Å². The number of amides is 3. The first-order valence-electron chi connectivity index (χ1n) is 12.9. The number of primary amides is 1. The summed E-state index contributed by atoms with van der Waals surface area (Å²) in [5, 5.41) is 19.5. The van der Waals surface area contributed by atoms with Gasteiger partial charge in [-0.3, -0.25) is 19.4 Å². The zero-order chi connectivity index (χ0) is 27.5. The fourth-order valence-electron chi connectivity index (χ4n) is 4.24. The first kappa shape index (κ1) is 29.0. The standard InChI is InChI=1S/C27H36FN5O5/c1-2-17-7-19(14-30-13-17)15-31-16-24(34)22-10-18-8-20(28)11-21(9-18)38-6-4-3-5-26(36)32-23(12-25(29)35)27(37)33-22/h7-9,11,13-14,22-24,31,34H,2-6,10,12,15-16H2,1H3,(H2,29,35)(H,32,36)(H,33,37)/t22-,23-,24+/m0/s1. The van der Waals surface area contributed by atoms with Gasteiger partial charge < -0.3 is 31.5 Å². The number of nitrogens with two attached hydrogens (primary N) is 1. The number of pyridine rings is 1. The number of nitrogens with one attached hydrogen (secondary N) is 3. The normalized spacial score (nSPS) is 19.8. The molecule has 0 saturated heterocycles. The Labute approximate surface area is 221 Å². The first-order valence-corrected chi connectivity index (χ1v) is 12.9. The predicted octanol–water partition coefficient (Wildman–Crippen LogP) is 0.884. The number of benzene rings is 1. The van der Waals surface area contributed by atoms with E-state index in [4.69, 9.17) is 10.5 Å². The summed E-state index contributed by atoms with van der Waals surface area (Å²) in [7, 11) is 0. The van der Waals surface area contributed by atoms with E-state index in [0.29, 0.717) is 30.7 Å². The quantitative estimate of drug-likeness (QED) is 0.340. The Morgan fingerprint density at radius 3 is 2.76 bits per heavy atom. The van der Waals surface area contributed by atoms with Crippen LogP contribution in [0.4, 0.5) is 4.39 Å². The molecule has 2 heterocycles. The monoisotopic (exact) mass is 529 g/mol. The zero-order valence-corrected chi connectivity index (χ0v) is 21.5. The van der Waals surface area contributed by atoms with E-state index in [2.05, 4.69) is 20.9 Å². The minimum Gasteiger partial charge on any atom is -0.493 e. The molecule has 0 radical (unpaired) electrons. The van der Waals surface area contributed by atoms with Crippen LogP contribution in [0.5, 0.6) is 5.75 Å².